The number of benzene rings is 2. The predicted molar refractivity (Wildman–Crippen MR) is 77.9 cm³/mol. The molecule has 0 aromatic heterocycles. The molecular weight excluding hydrogens is 238 g/mol. The van der Waals surface area contributed by atoms with Gasteiger partial charge in [-0.1, -0.05) is 36.4 Å². The first kappa shape index (κ1) is 13.0. The van der Waals surface area contributed by atoms with E-state index in [1.807, 2.05) is 37.3 Å². The maximum absolute atomic E-state index is 11.8. The van der Waals surface area contributed by atoms with Gasteiger partial charge in [0, 0.05) is 11.4 Å². The van der Waals surface area contributed by atoms with Crippen LogP contribution < -0.4 is 16.4 Å². The zero-order chi connectivity index (χ0) is 13.7. The van der Waals surface area contributed by atoms with E-state index in [-0.39, 0.29) is 12.1 Å². The van der Waals surface area contributed by atoms with E-state index in [1.165, 1.54) is 0 Å². The van der Waals surface area contributed by atoms with Crippen molar-refractivity contribution in [2.75, 3.05) is 11.1 Å². The Kier molecular flexibility index (Phi) is 4.03. The number of carbonyl (C=O) groups excluding carboxylic acids is 1. The molecule has 0 bridgehead atoms. The van der Waals surface area contributed by atoms with Gasteiger partial charge in [0.1, 0.15) is 0 Å². The van der Waals surface area contributed by atoms with E-state index in [9.17, 15) is 4.79 Å². The number of hydrogen-bond acceptors (Lipinski definition) is 2. The van der Waals surface area contributed by atoms with Crippen LogP contribution in [-0.2, 0) is 0 Å². The first-order valence-electron chi connectivity index (χ1n) is 6.13. The van der Waals surface area contributed by atoms with Crippen LogP contribution in [0.1, 0.15) is 18.5 Å². The highest BCUT2D eigenvalue weighted by molar-refractivity contribution is 5.89. The second-order valence-electron chi connectivity index (χ2n) is 4.36. The molecule has 0 spiro atoms. The minimum atomic E-state index is -0.248. The van der Waals surface area contributed by atoms with E-state index in [1.54, 1.807) is 24.3 Å². The van der Waals surface area contributed by atoms with E-state index in [4.69, 9.17) is 5.73 Å². The fourth-order valence-corrected chi connectivity index (χ4v) is 1.81. The fourth-order valence-electron chi connectivity index (χ4n) is 1.81. The van der Waals surface area contributed by atoms with Crippen LogP contribution in [0.5, 0.6) is 0 Å². The third-order valence-electron chi connectivity index (χ3n) is 2.79. The van der Waals surface area contributed by atoms with Crippen molar-refractivity contribution < 1.29 is 4.79 Å². The Morgan fingerprint density at radius 1 is 1.11 bits per heavy atom. The van der Waals surface area contributed by atoms with Gasteiger partial charge >= 0.3 is 6.03 Å². The number of rotatable bonds is 3. The molecule has 2 rings (SSSR count). The highest BCUT2D eigenvalue weighted by Gasteiger charge is 2.08. The molecule has 2 aromatic rings. The van der Waals surface area contributed by atoms with Gasteiger partial charge in [-0.2, -0.15) is 0 Å². The minimum absolute atomic E-state index is 0.0535. The van der Waals surface area contributed by atoms with Gasteiger partial charge in [0.15, 0.2) is 0 Å². The van der Waals surface area contributed by atoms with Gasteiger partial charge in [-0.05, 0) is 30.7 Å². The average Bonchev–Trinajstić information content (AvgIpc) is 2.39. The molecule has 2 amide bonds. The summed E-state index contributed by atoms with van der Waals surface area (Å²) in [4.78, 5) is 11.8. The van der Waals surface area contributed by atoms with Crippen LogP contribution >= 0.6 is 0 Å². The van der Waals surface area contributed by atoms with Crippen molar-refractivity contribution >= 4 is 17.4 Å². The second kappa shape index (κ2) is 5.91. The summed E-state index contributed by atoms with van der Waals surface area (Å²) < 4.78 is 0. The summed E-state index contributed by atoms with van der Waals surface area (Å²) in [5.74, 6) is 0. The molecule has 4 heteroatoms. The lowest BCUT2D eigenvalue weighted by Gasteiger charge is -2.15. The number of nitrogens with one attached hydrogen (secondary N) is 2. The normalized spacial score (nSPS) is 11.6. The van der Waals surface area contributed by atoms with E-state index in [2.05, 4.69) is 10.6 Å². The molecule has 0 saturated carbocycles. The molecule has 4 N–H and O–H groups in total. The number of urea groups is 1. The summed E-state index contributed by atoms with van der Waals surface area (Å²) in [7, 11) is 0. The van der Waals surface area contributed by atoms with Crippen molar-refractivity contribution in [2.24, 2.45) is 0 Å². The largest absolute Gasteiger partial charge is 0.399 e. The lowest BCUT2D eigenvalue weighted by atomic mass is 10.1. The number of amides is 2. The highest BCUT2D eigenvalue weighted by Crippen LogP contribution is 2.13. The molecule has 0 aliphatic rings. The zero-order valence-corrected chi connectivity index (χ0v) is 10.8. The molecular formula is C15H17N3O. The van der Waals surface area contributed by atoms with Gasteiger partial charge in [-0.15, -0.1) is 0 Å². The number of carbonyl (C=O) groups is 1. The molecule has 4 nitrogen and oxygen atoms in total. The van der Waals surface area contributed by atoms with Crippen molar-refractivity contribution in [2.45, 2.75) is 13.0 Å². The average molecular weight is 255 g/mol. The Bertz CT molecular complexity index is 554. The molecule has 1 unspecified atom stereocenters. The van der Waals surface area contributed by atoms with E-state index >= 15 is 0 Å². The molecule has 0 fully saturated rings. The molecule has 19 heavy (non-hydrogen) atoms. The number of nitrogen functional groups attached to an aromatic ring is 1. The van der Waals surface area contributed by atoms with Gasteiger partial charge in [0.25, 0.3) is 0 Å². The van der Waals surface area contributed by atoms with Crippen molar-refractivity contribution in [1.82, 2.24) is 5.32 Å². The summed E-state index contributed by atoms with van der Waals surface area (Å²) in [6, 6.07) is 16.6. The third kappa shape index (κ3) is 3.74. The summed E-state index contributed by atoms with van der Waals surface area (Å²) in [6.07, 6.45) is 0. The molecule has 0 radical (unpaired) electrons. The summed E-state index contributed by atoms with van der Waals surface area (Å²) >= 11 is 0. The van der Waals surface area contributed by atoms with Crippen molar-refractivity contribution in [3.8, 4) is 0 Å². The molecule has 2 aromatic carbocycles. The van der Waals surface area contributed by atoms with Crippen molar-refractivity contribution in [3.05, 3.63) is 60.2 Å². The van der Waals surface area contributed by atoms with E-state index in [0.29, 0.717) is 11.4 Å². The third-order valence-corrected chi connectivity index (χ3v) is 2.79. The first-order valence-corrected chi connectivity index (χ1v) is 6.13. The van der Waals surface area contributed by atoms with E-state index in [0.717, 1.165) is 5.56 Å². The number of anilines is 2. The quantitative estimate of drug-likeness (QED) is 0.737. The molecule has 0 saturated heterocycles. The van der Waals surface area contributed by atoms with Crippen molar-refractivity contribution in [3.63, 3.8) is 0 Å². The summed E-state index contributed by atoms with van der Waals surface area (Å²) in [5.41, 5.74) is 8.01. The predicted octanol–water partition coefficient (Wildman–Crippen LogP) is 3.15. The molecule has 1 atom stereocenters. The van der Waals surface area contributed by atoms with Crippen LogP contribution in [0.3, 0.4) is 0 Å². The lowest BCUT2D eigenvalue weighted by Crippen LogP contribution is -2.31. The number of hydrogen-bond donors (Lipinski definition) is 3. The second-order valence-corrected chi connectivity index (χ2v) is 4.36. The zero-order valence-electron chi connectivity index (χ0n) is 10.8. The van der Waals surface area contributed by atoms with Crippen LogP contribution in [0.4, 0.5) is 16.2 Å². The maximum Gasteiger partial charge on any atom is 0.319 e. The summed E-state index contributed by atoms with van der Waals surface area (Å²) in [6.45, 7) is 1.94. The minimum Gasteiger partial charge on any atom is -0.399 e. The summed E-state index contributed by atoms with van der Waals surface area (Å²) in [5, 5.41) is 5.63. The molecule has 98 valence electrons. The first-order chi connectivity index (χ1) is 9.15. The molecule has 0 heterocycles. The van der Waals surface area contributed by atoms with Crippen LogP contribution in [0, 0.1) is 0 Å². The lowest BCUT2D eigenvalue weighted by molar-refractivity contribution is 0.249. The van der Waals surface area contributed by atoms with Crippen LogP contribution in [-0.4, -0.2) is 6.03 Å². The molecule has 0 aliphatic carbocycles. The van der Waals surface area contributed by atoms with Gasteiger partial charge < -0.3 is 16.4 Å². The van der Waals surface area contributed by atoms with Crippen LogP contribution in [0.25, 0.3) is 0 Å². The Hall–Kier alpha value is -2.49. The monoisotopic (exact) mass is 255 g/mol. The van der Waals surface area contributed by atoms with Crippen LogP contribution in [0.2, 0.25) is 0 Å². The Morgan fingerprint density at radius 2 is 1.84 bits per heavy atom. The van der Waals surface area contributed by atoms with Gasteiger partial charge in [-0.3, -0.25) is 0 Å². The Labute approximate surface area is 112 Å². The Balaban J connectivity index is 1.95. The van der Waals surface area contributed by atoms with Crippen molar-refractivity contribution in [1.29, 1.82) is 0 Å². The topological polar surface area (TPSA) is 67.2 Å². The van der Waals surface area contributed by atoms with E-state index < -0.39 is 0 Å². The van der Waals surface area contributed by atoms with Gasteiger partial charge in [0.2, 0.25) is 0 Å². The van der Waals surface area contributed by atoms with Gasteiger partial charge in [0.05, 0.1) is 6.04 Å². The number of nitrogens with two attached hydrogens (primary N) is 1. The smallest absolute Gasteiger partial charge is 0.319 e. The Morgan fingerprint density at radius 3 is 2.53 bits per heavy atom. The molecule has 0 aliphatic heterocycles. The standard InChI is InChI=1S/C15H17N3O/c1-11(12-6-3-2-4-7-12)17-15(19)18-14-9-5-8-13(16)10-14/h2-11H,16H2,1H3,(H2,17,18,19). The SMILES string of the molecule is CC(NC(=O)Nc1cccc(N)c1)c1ccccc1. The fraction of sp³-hybridized carbons (Fsp3) is 0.133. The van der Waals surface area contributed by atoms with Crippen LogP contribution in [0.15, 0.2) is 54.6 Å². The highest BCUT2D eigenvalue weighted by atomic mass is 16.2. The van der Waals surface area contributed by atoms with Gasteiger partial charge in [-0.25, -0.2) is 4.79 Å². The maximum atomic E-state index is 11.8.